The Morgan fingerprint density at radius 3 is 2.95 bits per heavy atom. The summed E-state index contributed by atoms with van der Waals surface area (Å²) in [5.41, 5.74) is 0.726. The van der Waals surface area contributed by atoms with Gasteiger partial charge in [-0.25, -0.2) is 4.98 Å². The van der Waals surface area contributed by atoms with Crippen LogP contribution in [0, 0.1) is 0 Å². The van der Waals surface area contributed by atoms with Crippen LogP contribution in [-0.2, 0) is 6.54 Å². The second-order valence-corrected chi connectivity index (χ2v) is 6.23. The maximum absolute atomic E-state index is 10.00. The smallest absolute Gasteiger partial charge is 0.138 e. The lowest BCUT2D eigenvalue weighted by molar-refractivity contribution is 0.386. The Balaban J connectivity index is 1.70. The van der Waals surface area contributed by atoms with Crippen molar-refractivity contribution in [1.82, 2.24) is 14.9 Å². The van der Waals surface area contributed by atoms with Crippen molar-refractivity contribution in [3.63, 3.8) is 0 Å². The van der Waals surface area contributed by atoms with Gasteiger partial charge in [-0.05, 0) is 31.4 Å². The molecule has 1 fully saturated rings. The van der Waals surface area contributed by atoms with Gasteiger partial charge in [0.25, 0.3) is 0 Å². The van der Waals surface area contributed by atoms with E-state index in [-0.39, 0.29) is 10.8 Å². The molecule has 0 amide bonds. The van der Waals surface area contributed by atoms with Crippen LogP contribution >= 0.6 is 23.2 Å². The fraction of sp³-hybridized carbons (Fsp3) is 0.400. The third kappa shape index (κ3) is 3.18. The van der Waals surface area contributed by atoms with E-state index in [9.17, 15) is 5.11 Å². The summed E-state index contributed by atoms with van der Waals surface area (Å²) >= 11 is 11.9. The number of phenolic OH excluding ortho intramolecular Hbond substituents is 1. The highest BCUT2D eigenvalue weighted by Crippen LogP contribution is 2.33. The average Bonchev–Trinajstić information content (AvgIpc) is 3.11. The molecule has 2 N–H and O–H groups in total. The van der Waals surface area contributed by atoms with Gasteiger partial charge in [-0.2, -0.15) is 0 Å². The largest absolute Gasteiger partial charge is 0.506 e. The van der Waals surface area contributed by atoms with Gasteiger partial charge in [-0.1, -0.05) is 23.2 Å². The fourth-order valence-electron chi connectivity index (χ4n) is 3.00. The van der Waals surface area contributed by atoms with Crippen molar-refractivity contribution in [2.45, 2.75) is 37.9 Å². The standard InChI is InChI=1S/C15H17Cl2N3O/c16-11-6-10(15(21)12(17)7-11)8-19-13-2-1-3-14(13)20-5-4-18-9-20/h4-7,9,13-14,19,21H,1-3,8H2. The van der Waals surface area contributed by atoms with Crippen molar-refractivity contribution >= 4 is 23.2 Å². The molecule has 0 radical (unpaired) electrons. The monoisotopic (exact) mass is 325 g/mol. The fourth-order valence-corrected chi connectivity index (χ4v) is 3.53. The Hall–Kier alpha value is -1.23. The molecule has 3 rings (SSSR count). The number of nitrogens with one attached hydrogen (secondary N) is 1. The molecule has 0 aliphatic heterocycles. The summed E-state index contributed by atoms with van der Waals surface area (Å²) in [6, 6.07) is 4.06. The van der Waals surface area contributed by atoms with E-state index >= 15 is 0 Å². The summed E-state index contributed by atoms with van der Waals surface area (Å²) in [6.45, 7) is 0.544. The third-order valence-corrected chi connectivity index (χ3v) is 4.56. The van der Waals surface area contributed by atoms with E-state index in [0.29, 0.717) is 23.7 Å². The summed E-state index contributed by atoms with van der Waals surface area (Å²) < 4.78 is 2.15. The molecule has 2 aromatic rings. The van der Waals surface area contributed by atoms with E-state index in [1.165, 1.54) is 6.42 Å². The van der Waals surface area contributed by atoms with Crippen molar-refractivity contribution in [1.29, 1.82) is 0 Å². The summed E-state index contributed by atoms with van der Waals surface area (Å²) in [5, 5.41) is 14.3. The second-order valence-electron chi connectivity index (χ2n) is 5.39. The lowest BCUT2D eigenvalue weighted by Crippen LogP contribution is -2.33. The number of aromatic hydroxyl groups is 1. The van der Waals surface area contributed by atoms with Gasteiger partial charge >= 0.3 is 0 Å². The molecular weight excluding hydrogens is 309 g/mol. The number of hydrogen-bond donors (Lipinski definition) is 2. The number of hydrogen-bond acceptors (Lipinski definition) is 3. The van der Waals surface area contributed by atoms with Crippen LogP contribution in [0.25, 0.3) is 0 Å². The quantitative estimate of drug-likeness (QED) is 0.899. The summed E-state index contributed by atoms with van der Waals surface area (Å²) in [6.07, 6.45) is 9.09. The van der Waals surface area contributed by atoms with E-state index in [0.717, 1.165) is 18.4 Å². The molecule has 112 valence electrons. The summed E-state index contributed by atoms with van der Waals surface area (Å²) in [7, 11) is 0. The average molecular weight is 326 g/mol. The minimum absolute atomic E-state index is 0.103. The van der Waals surface area contributed by atoms with Crippen molar-refractivity contribution in [2.75, 3.05) is 0 Å². The zero-order valence-corrected chi connectivity index (χ0v) is 13.0. The first-order valence-corrected chi connectivity index (χ1v) is 7.78. The number of phenols is 1. The van der Waals surface area contributed by atoms with Crippen molar-refractivity contribution in [3.8, 4) is 5.75 Å². The topological polar surface area (TPSA) is 50.1 Å². The normalized spacial score (nSPS) is 21.8. The summed E-state index contributed by atoms with van der Waals surface area (Å²) in [4.78, 5) is 4.12. The first-order valence-electron chi connectivity index (χ1n) is 7.03. The van der Waals surface area contributed by atoms with Crippen molar-refractivity contribution in [2.24, 2.45) is 0 Å². The van der Waals surface area contributed by atoms with Crippen LogP contribution in [-0.4, -0.2) is 20.7 Å². The predicted molar refractivity (Wildman–Crippen MR) is 83.9 cm³/mol. The Bertz CT molecular complexity index is 616. The molecule has 1 heterocycles. The van der Waals surface area contributed by atoms with Gasteiger partial charge in [-0.15, -0.1) is 0 Å². The van der Waals surface area contributed by atoms with Crippen LogP contribution < -0.4 is 5.32 Å². The molecule has 0 saturated heterocycles. The Morgan fingerprint density at radius 1 is 1.33 bits per heavy atom. The molecule has 1 aromatic carbocycles. The van der Waals surface area contributed by atoms with Gasteiger partial charge in [0.2, 0.25) is 0 Å². The maximum Gasteiger partial charge on any atom is 0.138 e. The molecule has 2 unspecified atom stereocenters. The molecular formula is C15H17Cl2N3O. The molecule has 2 atom stereocenters. The van der Waals surface area contributed by atoms with Crippen molar-refractivity contribution in [3.05, 3.63) is 46.5 Å². The lowest BCUT2D eigenvalue weighted by Gasteiger charge is -2.22. The Morgan fingerprint density at radius 2 is 2.19 bits per heavy atom. The van der Waals surface area contributed by atoms with E-state index in [1.54, 1.807) is 18.3 Å². The highest BCUT2D eigenvalue weighted by Gasteiger charge is 2.28. The molecule has 0 spiro atoms. The Kier molecular flexibility index (Phi) is 4.38. The molecule has 1 aromatic heterocycles. The van der Waals surface area contributed by atoms with Crippen LogP contribution in [0.3, 0.4) is 0 Å². The highest BCUT2D eigenvalue weighted by molar-refractivity contribution is 6.35. The first kappa shape index (κ1) is 14.7. The van der Waals surface area contributed by atoms with Gasteiger partial charge in [0.05, 0.1) is 11.3 Å². The predicted octanol–water partition coefficient (Wildman–Crippen LogP) is 3.78. The van der Waals surface area contributed by atoms with Crippen LogP contribution in [0.1, 0.15) is 30.9 Å². The van der Waals surface area contributed by atoms with Crippen LogP contribution in [0.2, 0.25) is 10.0 Å². The van der Waals surface area contributed by atoms with E-state index < -0.39 is 0 Å². The zero-order valence-electron chi connectivity index (χ0n) is 11.5. The SMILES string of the molecule is Oc1c(Cl)cc(Cl)cc1CNC1CCCC1n1ccnc1. The van der Waals surface area contributed by atoms with Gasteiger partial charge in [0.15, 0.2) is 0 Å². The lowest BCUT2D eigenvalue weighted by atomic mass is 10.1. The molecule has 21 heavy (non-hydrogen) atoms. The summed E-state index contributed by atoms with van der Waals surface area (Å²) in [5.74, 6) is 0.103. The van der Waals surface area contributed by atoms with Crippen LogP contribution in [0.4, 0.5) is 0 Å². The van der Waals surface area contributed by atoms with Gasteiger partial charge in [0.1, 0.15) is 5.75 Å². The van der Waals surface area contributed by atoms with Crippen LogP contribution in [0.5, 0.6) is 5.75 Å². The van der Waals surface area contributed by atoms with Gasteiger partial charge < -0.3 is 15.0 Å². The molecule has 1 aliphatic rings. The van der Waals surface area contributed by atoms with Crippen molar-refractivity contribution < 1.29 is 5.11 Å². The minimum atomic E-state index is 0.103. The molecule has 4 nitrogen and oxygen atoms in total. The number of benzene rings is 1. The maximum atomic E-state index is 10.00. The molecule has 6 heteroatoms. The zero-order chi connectivity index (χ0) is 14.8. The number of rotatable bonds is 4. The van der Waals surface area contributed by atoms with Gasteiger partial charge in [-0.3, -0.25) is 0 Å². The Labute approximate surface area is 133 Å². The highest BCUT2D eigenvalue weighted by atomic mass is 35.5. The number of nitrogens with zero attached hydrogens (tertiary/aromatic N) is 2. The number of imidazole rings is 1. The second kappa shape index (κ2) is 6.26. The number of halogens is 2. The molecule has 1 saturated carbocycles. The molecule has 0 bridgehead atoms. The number of aromatic nitrogens is 2. The van der Waals surface area contributed by atoms with E-state index in [1.807, 2.05) is 12.5 Å². The minimum Gasteiger partial charge on any atom is -0.506 e. The first-order chi connectivity index (χ1) is 10.1. The van der Waals surface area contributed by atoms with E-state index in [2.05, 4.69) is 14.9 Å². The molecule has 1 aliphatic carbocycles. The van der Waals surface area contributed by atoms with Crippen LogP contribution in [0.15, 0.2) is 30.9 Å². The van der Waals surface area contributed by atoms with E-state index in [4.69, 9.17) is 23.2 Å². The van der Waals surface area contributed by atoms with Gasteiger partial charge in [0, 0.05) is 41.6 Å². The third-order valence-electron chi connectivity index (χ3n) is 4.05.